The molecule has 1 aliphatic heterocycles. The van der Waals surface area contributed by atoms with Gasteiger partial charge in [-0.15, -0.1) is 11.3 Å². The number of piperidine rings is 1. The van der Waals surface area contributed by atoms with E-state index >= 15 is 0 Å². The summed E-state index contributed by atoms with van der Waals surface area (Å²) in [4.78, 5) is 21.8. The maximum atomic E-state index is 13.8. The summed E-state index contributed by atoms with van der Waals surface area (Å²) in [5.74, 6) is 5.48. The molecule has 4 heterocycles. The number of hydrogen-bond donors (Lipinski definition) is 3. The number of thiophene rings is 1. The molecule has 6 rings (SSSR count). The Hall–Kier alpha value is -3.97. The van der Waals surface area contributed by atoms with Crippen LogP contribution >= 0.6 is 34.5 Å². The van der Waals surface area contributed by atoms with Crippen LogP contribution in [0.15, 0.2) is 72.1 Å². The zero-order valence-corrected chi connectivity index (χ0v) is 28.1. The fourth-order valence-electron chi connectivity index (χ4n) is 5.05. The number of nitrogens with one attached hydrogen (secondary N) is 3. The molecular formula is C32H26Cl2F3N7O2S2. The zero-order valence-electron chi connectivity index (χ0n) is 24.9. The van der Waals surface area contributed by atoms with Crippen molar-refractivity contribution in [3.8, 4) is 28.1 Å². The predicted octanol–water partition coefficient (Wildman–Crippen LogP) is 6.99. The van der Waals surface area contributed by atoms with Crippen molar-refractivity contribution in [3.05, 3.63) is 104 Å². The van der Waals surface area contributed by atoms with Crippen molar-refractivity contribution >= 4 is 51.4 Å². The standard InChI is InChI=1S/C32H26Cl2F3N7O2S2/c33-22-9-12-26(25(34)16-22)44-30(27-13-11-23(47-27)10-6-20-4-7-21(8-5-20)32(35,36)37)24(17-40-48(46)28-18-38-19-39-28)29(41-44)31(45)42-43-14-2-1-3-15-43/h4-5,7-9,11-13,16,18-19,40H,1-3,14-15,17H2,(H,38,39)(H,42,45). The second-order valence-electron chi connectivity index (χ2n) is 10.7. The minimum atomic E-state index is -4.44. The lowest BCUT2D eigenvalue weighted by Gasteiger charge is -2.26. The normalized spacial score (nSPS) is 14.4. The summed E-state index contributed by atoms with van der Waals surface area (Å²) in [6.45, 7) is 1.37. The number of amides is 1. The highest BCUT2D eigenvalue weighted by Crippen LogP contribution is 2.37. The number of nitrogens with zero attached hydrogens (tertiary/aromatic N) is 4. The van der Waals surface area contributed by atoms with Crippen molar-refractivity contribution in [2.45, 2.75) is 37.0 Å². The van der Waals surface area contributed by atoms with E-state index in [0.717, 1.165) is 31.4 Å². The molecule has 1 unspecified atom stereocenters. The number of alkyl halides is 3. The lowest BCUT2D eigenvalue weighted by molar-refractivity contribution is -0.137. The van der Waals surface area contributed by atoms with E-state index in [9.17, 15) is 22.2 Å². The van der Waals surface area contributed by atoms with Crippen LogP contribution in [0.2, 0.25) is 10.0 Å². The van der Waals surface area contributed by atoms with E-state index in [4.69, 9.17) is 28.3 Å². The maximum absolute atomic E-state index is 13.8. The van der Waals surface area contributed by atoms with E-state index in [-0.39, 0.29) is 17.3 Å². The van der Waals surface area contributed by atoms with Crippen molar-refractivity contribution in [1.82, 2.24) is 34.9 Å². The van der Waals surface area contributed by atoms with Crippen LogP contribution in [0, 0.1) is 11.8 Å². The fraction of sp³-hybridized carbons (Fsp3) is 0.219. The number of rotatable bonds is 8. The van der Waals surface area contributed by atoms with E-state index < -0.39 is 28.6 Å². The molecule has 1 amide bonds. The summed E-state index contributed by atoms with van der Waals surface area (Å²) < 4.78 is 56.6. The van der Waals surface area contributed by atoms with Crippen LogP contribution in [0.4, 0.5) is 13.2 Å². The Balaban J connectivity index is 1.42. The first kappa shape index (κ1) is 33.9. The molecule has 0 spiro atoms. The van der Waals surface area contributed by atoms with Gasteiger partial charge in [-0.1, -0.05) is 41.5 Å². The molecular weight excluding hydrogens is 706 g/mol. The minimum Gasteiger partial charge on any atom is -0.337 e. The number of carbonyl (C=O) groups excluding carboxylic acids is 1. The van der Waals surface area contributed by atoms with Gasteiger partial charge in [0.2, 0.25) is 0 Å². The summed E-state index contributed by atoms with van der Waals surface area (Å²) >= 11 is 14.2. The highest BCUT2D eigenvalue weighted by molar-refractivity contribution is 7.82. The SMILES string of the molecule is O=C(NN1CCCCC1)c1nn(-c2ccc(Cl)cc2Cl)c(-c2ccc(C#Cc3ccc(C(F)(F)F)cc3)s2)c1CNS(=O)c1cnc[nH]1. The molecule has 248 valence electrons. The summed E-state index contributed by atoms with van der Waals surface area (Å²) in [5, 5.41) is 7.66. The Bertz CT molecular complexity index is 2010. The molecule has 9 nitrogen and oxygen atoms in total. The van der Waals surface area contributed by atoms with Crippen molar-refractivity contribution in [2.75, 3.05) is 13.1 Å². The highest BCUT2D eigenvalue weighted by Gasteiger charge is 2.30. The first-order valence-electron chi connectivity index (χ1n) is 14.6. The van der Waals surface area contributed by atoms with Gasteiger partial charge in [0, 0.05) is 35.8 Å². The molecule has 5 aromatic rings. The number of halogens is 5. The van der Waals surface area contributed by atoms with Gasteiger partial charge in [0.05, 0.1) is 44.2 Å². The van der Waals surface area contributed by atoms with Crippen LogP contribution in [0.3, 0.4) is 0 Å². The van der Waals surface area contributed by atoms with Crippen LogP contribution in [0.1, 0.15) is 51.3 Å². The van der Waals surface area contributed by atoms with E-state index in [1.165, 1.54) is 36.0 Å². The highest BCUT2D eigenvalue weighted by atomic mass is 35.5. The fourth-order valence-corrected chi connectivity index (χ4v) is 7.20. The number of H-pyrrole nitrogens is 1. The lowest BCUT2D eigenvalue weighted by Crippen LogP contribution is -2.45. The monoisotopic (exact) mass is 731 g/mol. The number of benzene rings is 2. The Kier molecular flexibility index (Phi) is 10.4. The molecule has 0 radical (unpaired) electrons. The van der Waals surface area contributed by atoms with E-state index in [2.05, 4.69) is 32.0 Å². The molecule has 0 bridgehead atoms. The zero-order chi connectivity index (χ0) is 33.8. The van der Waals surface area contributed by atoms with Crippen LogP contribution in [-0.4, -0.2) is 48.0 Å². The molecule has 0 aliphatic carbocycles. The van der Waals surface area contributed by atoms with E-state index in [1.807, 2.05) is 5.01 Å². The Labute approximate surface area is 290 Å². The molecule has 2 aromatic carbocycles. The van der Waals surface area contributed by atoms with Gasteiger partial charge in [-0.3, -0.25) is 10.2 Å². The predicted molar refractivity (Wildman–Crippen MR) is 179 cm³/mol. The second kappa shape index (κ2) is 14.7. The number of carbonyl (C=O) groups is 1. The largest absolute Gasteiger partial charge is 0.416 e. The molecule has 3 aromatic heterocycles. The topological polar surface area (TPSA) is 108 Å². The molecule has 16 heteroatoms. The smallest absolute Gasteiger partial charge is 0.337 e. The van der Waals surface area contributed by atoms with Gasteiger partial charge in [0.1, 0.15) is 16.0 Å². The molecule has 3 N–H and O–H groups in total. The molecule has 1 aliphatic rings. The third-order valence-corrected chi connectivity index (χ3v) is 9.96. The average molecular weight is 733 g/mol. The molecule has 1 saturated heterocycles. The van der Waals surface area contributed by atoms with E-state index in [0.29, 0.717) is 55.4 Å². The molecule has 1 fully saturated rings. The third kappa shape index (κ3) is 7.84. The second-order valence-corrected chi connectivity index (χ2v) is 13.9. The Morgan fingerprint density at radius 2 is 1.81 bits per heavy atom. The maximum Gasteiger partial charge on any atom is 0.416 e. The van der Waals surface area contributed by atoms with Gasteiger partial charge in [-0.05, 0) is 67.4 Å². The average Bonchev–Trinajstić information content (AvgIpc) is 3.84. The minimum absolute atomic E-state index is 0.0284. The number of aromatic amines is 1. The number of hydrogen-bond acceptors (Lipinski definition) is 6. The van der Waals surface area contributed by atoms with Crippen molar-refractivity contribution in [3.63, 3.8) is 0 Å². The first-order valence-corrected chi connectivity index (χ1v) is 17.4. The number of imidazole rings is 1. The van der Waals surface area contributed by atoms with Gasteiger partial charge >= 0.3 is 6.18 Å². The lowest BCUT2D eigenvalue weighted by atomic mass is 10.1. The van der Waals surface area contributed by atoms with Crippen LogP contribution in [-0.2, 0) is 23.7 Å². The Morgan fingerprint density at radius 1 is 1.04 bits per heavy atom. The van der Waals surface area contributed by atoms with Gasteiger partial charge in [-0.2, -0.15) is 18.3 Å². The molecule has 0 saturated carbocycles. The summed E-state index contributed by atoms with van der Waals surface area (Å²) in [6.07, 6.45) is 1.39. The first-order chi connectivity index (χ1) is 23.1. The number of aromatic nitrogens is 4. The van der Waals surface area contributed by atoms with Crippen molar-refractivity contribution in [2.24, 2.45) is 0 Å². The van der Waals surface area contributed by atoms with E-state index in [1.54, 1.807) is 35.0 Å². The van der Waals surface area contributed by atoms with Crippen molar-refractivity contribution in [1.29, 1.82) is 0 Å². The third-order valence-electron chi connectivity index (χ3n) is 7.39. The van der Waals surface area contributed by atoms with Crippen LogP contribution in [0.25, 0.3) is 16.3 Å². The van der Waals surface area contributed by atoms with Crippen LogP contribution in [0.5, 0.6) is 0 Å². The van der Waals surface area contributed by atoms with Gasteiger partial charge in [0.25, 0.3) is 5.91 Å². The van der Waals surface area contributed by atoms with Gasteiger partial charge in [-0.25, -0.2) is 23.6 Å². The summed E-state index contributed by atoms with van der Waals surface area (Å²) in [6, 6.07) is 13.1. The van der Waals surface area contributed by atoms with Gasteiger partial charge in [0.15, 0.2) is 5.69 Å². The number of hydrazine groups is 1. The molecule has 1 atom stereocenters. The van der Waals surface area contributed by atoms with Gasteiger partial charge < -0.3 is 4.98 Å². The summed E-state index contributed by atoms with van der Waals surface area (Å²) in [7, 11) is -1.69. The quantitative estimate of drug-likeness (QED) is 0.149. The van der Waals surface area contributed by atoms with Crippen molar-refractivity contribution < 1.29 is 22.2 Å². The Morgan fingerprint density at radius 3 is 2.50 bits per heavy atom. The molecule has 48 heavy (non-hydrogen) atoms. The van der Waals surface area contributed by atoms with Crippen LogP contribution < -0.4 is 10.1 Å². The summed E-state index contributed by atoms with van der Waals surface area (Å²) in [5.41, 5.74) is 4.14.